The first-order valence-corrected chi connectivity index (χ1v) is 14.3. The summed E-state index contributed by atoms with van der Waals surface area (Å²) in [5.41, 5.74) is 1.17. The normalized spacial score (nSPS) is 29.7. The highest BCUT2D eigenvalue weighted by Gasteiger charge is 2.59. The Morgan fingerprint density at radius 3 is 2.07 bits per heavy atom. The van der Waals surface area contributed by atoms with Gasteiger partial charge in [0.2, 0.25) is 5.91 Å². The van der Waals surface area contributed by atoms with E-state index in [9.17, 15) is 9.90 Å². The molecule has 1 N–H and O–H groups in total. The fourth-order valence-corrected chi connectivity index (χ4v) is 9.71. The molecule has 2 aliphatic rings. The van der Waals surface area contributed by atoms with Crippen LogP contribution >= 0.6 is 0 Å². The second-order valence-electron chi connectivity index (χ2n) is 10.7. The first-order chi connectivity index (χ1) is 14.1. The summed E-state index contributed by atoms with van der Waals surface area (Å²) in [6.45, 7) is 11.2. The topological polar surface area (TPSA) is 40.5 Å². The Morgan fingerprint density at radius 1 is 0.933 bits per heavy atom. The fraction of sp³-hybridized carbons (Fsp3) is 0.500. The SMILES string of the molecule is CC(C)(C)N1C(=O)[C@H]2[C@H](C[C@H](O)C[C@@H]2[Si](C)(C)c2ccccc2)[C@H]1c1ccccc1. The average Bonchev–Trinajstić information content (AvgIpc) is 3.01. The van der Waals surface area contributed by atoms with E-state index in [1.54, 1.807) is 0 Å². The molecular formula is C26H35NO2Si. The van der Waals surface area contributed by atoms with E-state index >= 15 is 0 Å². The minimum absolute atomic E-state index is 0.0142. The van der Waals surface area contributed by atoms with Crippen molar-refractivity contribution < 1.29 is 9.90 Å². The van der Waals surface area contributed by atoms with E-state index in [0.717, 1.165) is 6.42 Å². The number of rotatable bonds is 3. The number of carbonyl (C=O) groups excluding carboxylic acids is 1. The number of benzene rings is 2. The van der Waals surface area contributed by atoms with Gasteiger partial charge in [0.1, 0.15) is 0 Å². The Kier molecular flexibility index (Phi) is 5.44. The lowest BCUT2D eigenvalue weighted by atomic mass is 9.75. The lowest BCUT2D eigenvalue weighted by Gasteiger charge is -2.44. The summed E-state index contributed by atoms with van der Waals surface area (Å²) in [4.78, 5) is 16.2. The van der Waals surface area contributed by atoms with Crippen LogP contribution in [0.25, 0.3) is 0 Å². The smallest absolute Gasteiger partial charge is 0.227 e. The van der Waals surface area contributed by atoms with Crippen LogP contribution in [0.2, 0.25) is 18.6 Å². The molecule has 0 bridgehead atoms. The van der Waals surface area contributed by atoms with E-state index < -0.39 is 8.07 Å². The molecule has 3 nitrogen and oxygen atoms in total. The highest BCUT2D eigenvalue weighted by Crippen LogP contribution is 2.57. The second kappa shape index (κ2) is 7.65. The van der Waals surface area contributed by atoms with E-state index in [1.807, 2.05) is 6.07 Å². The standard InChI is InChI=1S/C26H35NO2Si/c1-26(2,3)27-24(18-12-8-6-9-13-18)21-16-19(28)17-22(23(21)25(27)29)30(4,5)20-14-10-7-11-15-20/h6-15,19,21-24,28H,16-17H2,1-5H3/t19-,21-,22-,23-,24+/m0/s1. The average molecular weight is 422 g/mol. The molecule has 160 valence electrons. The number of carbonyl (C=O) groups is 1. The number of hydrogen-bond acceptors (Lipinski definition) is 2. The van der Waals surface area contributed by atoms with Crippen LogP contribution in [-0.2, 0) is 4.79 Å². The third kappa shape index (κ3) is 3.54. The van der Waals surface area contributed by atoms with E-state index in [0.29, 0.717) is 6.42 Å². The predicted octanol–water partition coefficient (Wildman–Crippen LogP) is 4.74. The predicted molar refractivity (Wildman–Crippen MR) is 125 cm³/mol. The van der Waals surface area contributed by atoms with Crippen molar-refractivity contribution in [1.29, 1.82) is 0 Å². The zero-order chi connectivity index (χ0) is 21.7. The lowest BCUT2D eigenvalue weighted by Crippen LogP contribution is -2.53. The molecular weight excluding hydrogens is 386 g/mol. The van der Waals surface area contributed by atoms with Gasteiger partial charge in [-0.15, -0.1) is 0 Å². The van der Waals surface area contributed by atoms with Crippen LogP contribution in [0.5, 0.6) is 0 Å². The van der Waals surface area contributed by atoms with Crippen molar-refractivity contribution in [1.82, 2.24) is 4.90 Å². The van der Waals surface area contributed by atoms with Gasteiger partial charge in [-0.2, -0.15) is 0 Å². The lowest BCUT2D eigenvalue weighted by molar-refractivity contribution is -0.137. The molecule has 2 aromatic carbocycles. The van der Waals surface area contributed by atoms with Gasteiger partial charge in [-0.1, -0.05) is 78.9 Å². The van der Waals surface area contributed by atoms with Gasteiger partial charge < -0.3 is 10.0 Å². The number of hydrogen-bond donors (Lipinski definition) is 1. The minimum Gasteiger partial charge on any atom is -0.393 e. The summed E-state index contributed by atoms with van der Waals surface area (Å²) in [5, 5.41) is 12.3. The van der Waals surface area contributed by atoms with Gasteiger partial charge in [0.15, 0.2) is 0 Å². The second-order valence-corrected chi connectivity index (χ2v) is 15.5. The third-order valence-electron chi connectivity index (χ3n) is 7.48. The van der Waals surface area contributed by atoms with Crippen LogP contribution in [0.1, 0.15) is 45.2 Å². The maximum absolute atomic E-state index is 14.0. The molecule has 1 aliphatic heterocycles. The Morgan fingerprint density at radius 2 is 1.50 bits per heavy atom. The summed E-state index contributed by atoms with van der Waals surface area (Å²) in [6, 6.07) is 21.2. The van der Waals surface area contributed by atoms with Crippen molar-refractivity contribution in [3.63, 3.8) is 0 Å². The van der Waals surface area contributed by atoms with Gasteiger partial charge in [-0.05, 0) is 50.6 Å². The molecule has 5 atom stereocenters. The number of aliphatic hydroxyl groups is 1. The molecule has 0 spiro atoms. The van der Waals surface area contributed by atoms with Crippen molar-refractivity contribution in [3.8, 4) is 0 Å². The number of amides is 1. The van der Waals surface area contributed by atoms with Crippen molar-refractivity contribution in [2.75, 3.05) is 0 Å². The summed E-state index contributed by atoms with van der Waals surface area (Å²) in [5.74, 6) is 0.429. The summed E-state index contributed by atoms with van der Waals surface area (Å²) >= 11 is 0. The molecule has 30 heavy (non-hydrogen) atoms. The number of likely N-dealkylation sites (tertiary alicyclic amines) is 1. The summed E-state index contributed by atoms with van der Waals surface area (Å²) in [7, 11) is -1.97. The molecule has 1 amide bonds. The van der Waals surface area contributed by atoms with E-state index in [2.05, 4.69) is 93.4 Å². The van der Waals surface area contributed by atoms with E-state index in [4.69, 9.17) is 0 Å². The van der Waals surface area contributed by atoms with Crippen molar-refractivity contribution in [3.05, 3.63) is 66.2 Å². The monoisotopic (exact) mass is 421 g/mol. The van der Waals surface area contributed by atoms with Crippen LogP contribution in [0, 0.1) is 11.8 Å². The Balaban J connectivity index is 1.82. The van der Waals surface area contributed by atoms with E-state index in [-0.39, 0.29) is 41.0 Å². The molecule has 2 aromatic rings. The Hall–Kier alpha value is -1.91. The molecule has 1 saturated carbocycles. The molecule has 0 radical (unpaired) electrons. The number of aliphatic hydroxyl groups excluding tert-OH is 1. The van der Waals surface area contributed by atoms with Crippen LogP contribution in [0.4, 0.5) is 0 Å². The zero-order valence-electron chi connectivity index (χ0n) is 18.9. The first-order valence-electron chi connectivity index (χ1n) is 11.2. The minimum atomic E-state index is -1.97. The molecule has 1 aliphatic carbocycles. The van der Waals surface area contributed by atoms with Gasteiger partial charge in [0, 0.05) is 11.5 Å². The molecule has 1 saturated heterocycles. The van der Waals surface area contributed by atoms with Gasteiger partial charge >= 0.3 is 0 Å². The van der Waals surface area contributed by atoms with Gasteiger partial charge in [-0.25, -0.2) is 0 Å². The number of nitrogens with zero attached hydrogens (tertiary/aromatic N) is 1. The largest absolute Gasteiger partial charge is 0.393 e. The number of fused-ring (bicyclic) bond motifs is 1. The third-order valence-corrected chi connectivity index (χ3v) is 11.8. The van der Waals surface area contributed by atoms with Crippen LogP contribution in [0.3, 0.4) is 0 Å². The molecule has 4 rings (SSSR count). The summed E-state index contributed by atoms with van der Waals surface area (Å²) in [6.07, 6.45) is 1.10. The van der Waals surface area contributed by atoms with Crippen molar-refractivity contribution in [2.45, 2.75) is 69.9 Å². The van der Waals surface area contributed by atoms with Crippen LogP contribution < -0.4 is 5.19 Å². The maximum atomic E-state index is 14.0. The van der Waals surface area contributed by atoms with E-state index in [1.165, 1.54) is 10.8 Å². The molecule has 4 heteroatoms. The molecule has 2 fully saturated rings. The first kappa shape index (κ1) is 21.3. The quantitative estimate of drug-likeness (QED) is 0.727. The van der Waals surface area contributed by atoms with Gasteiger partial charge in [0.05, 0.1) is 20.2 Å². The molecule has 1 heterocycles. The van der Waals surface area contributed by atoms with Crippen molar-refractivity contribution in [2.24, 2.45) is 11.8 Å². The molecule has 0 aromatic heterocycles. The van der Waals surface area contributed by atoms with Gasteiger partial charge in [0.25, 0.3) is 0 Å². The van der Waals surface area contributed by atoms with Crippen LogP contribution in [-0.4, -0.2) is 35.6 Å². The molecule has 0 unspecified atom stereocenters. The van der Waals surface area contributed by atoms with Crippen molar-refractivity contribution >= 4 is 19.2 Å². The van der Waals surface area contributed by atoms with Crippen LogP contribution in [0.15, 0.2) is 60.7 Å². The maximum Gasteiger partial charge on any atom is 0.227 e. The highest BCUT2D eigenvalue weighted by atomic mass is 28.3. The Labute approximate surface area is 182 Å². The summed E-state index contributed by atoms with van der Waals surface area (Å²) < 4.78 is 0. The fourth-order valence-electron chi connectivity index (χ4n) is 6.08. The zero-order valence-corrected chi connectivity index (χ0v) is 19.9. The highest BCUT2D eigenvalue weighted by molar-refractivity contribution is 6.91. The Bertz CT molecular complexity index is 890. The van der Waals surface area contributed by atoms with Gasteiger partial charge in [-0.3, -0.25) is 4.79 Å².